The molecule has 1 aromatic carbocycles. The lowest BCUT2D eigenvalue weighted by molar-refractivity contribution is -0.118. The minimum atomic E-state index is -0.534. The van der Waals surface area contributed by atoms with Gasteiger partial charge in [0.05, 0.1) is 5.56 Å². The smallest absolute Gasteiger partial charge is 0.257 e. The second-order valence-electron chi connectivity index (χ2n) is 8.15. The lowest BCUT2D eigenvalue weighted by atomic mass is 9.69. The van der Waals surface area contributed by atoms with Crippen molar-refractivity contribution >= 4 is 35.0 Å². The van der Waals surface area contributed by atoms with Gasteiger partial charge in [0.25, 0.3) is 5.56 Å². The Morgan fingerprint density at radius 3 is 2.79 bits per heavy atom. The number of anilines is 1. The summed E-state index contributed by atoms with van der Waals surface area (Å²) in [4.78, 5) is 33.8. The first kappa shape index (κ1) is 20.0. The van der Waals surface area contributed by atoms with E-state index in [4.69, 9.17) is 11.6 Å². The number of aromatic amines is 1. The number of carbonyl (C=O) groups excluding carboxylic acids is 1. The highest BCUT2D eigenvalue weighted by Gasteiger charge is 2.42. The van der Waals surface area contributed by atoms with Crippen molar-refractivity contribution in [3.05, 3.63) is 74.7 Å². The van der Waals surface area contributed by atoms with Gasteiger partial charge in [-0.3, -0.25) is 9.59 Å². The summed E-state index contributed by atoms with van der Waals surface area (Å²) < 4.78 is 0. The number of rotatable bonds is 4. The number of Topliss-reactive ketones (excluding diaryl/α,β-unsaturated/α-hetero) is 1. The van der Waals surface area contributed by atoms with Crippen molar-refractivity contribution in [1.29, 1.82) is 0 Å². The van der Waals surface area contributed by atoms with Crippen LogP contribution < -0.4 is 10.9 Å². The molecule has 5 nitrogen and oxygen atoms in total. The minimum absolute atomic E-state index is 0.0452. The van der Waals surface area contributed by atoms with Crippen molar-refractivity contribution in [2.24, 2.45) is 5.41 Å². The second-order valence-corrected chi connectivity index (χ2v) is 9.56. The number of nitrogens with one attached hydrogen (secondary N) is 2. The molecule has 1 atom stereocenters. The summed E-state index contributed by atoms with van der Waals surface area (Å²) in [6.07, 6.45) is 2.90. The van der Waals surface area contributed by atoms with Crippen LogP contribution in [0.5, 0.6) is 0 Å². The second kappa shape index (κ2) is 7.50. The number of aromatic nitrogens is 2. The molecule has 0 spiro atoms. The molecule has 0 radical (unpaired) electrons. The van der Waals surface area contributed by atoms with Gasteiger partial charge >= 0.3 is 0 Å². The Morgan fingerprint density at radius 2 is 2.07 bits per heavy atom. The summed E-state index contributed by atoms with van der Waals surface area (Å²) >= 11 is 7.91. The fourth-order valence-corrected chi connectivity index (χ4v) is 4.96. The normalized spacial score (nSPS) is 20.0. The highest BCUT2D eigenvalue weighted by atomic mass is 35.5. The van der Waals surface area contributed by atoms with E-state index in [0.29, 0.717) is 45.7 Å². The molecular weight excluding hydrogens is 406 g/mol. The maximum atomic E-state index is 13.2. The predicted molar refractivity (Wildman–Crippen MR) is 118 cm³/mol. The Hall–Kier alpha value is -2.31. The van der Waals surface area contributed by atoms with E-state index in [9.17, 15) is 9.59 Å². The van der Waals surface area contributed by atoms with E-state index >= 15 is 0 Å². The topological polar surface area (TPSA) is 74.8 Å². The number of allylic oxidation sites excluding steroid dienone is 2. The van der Waals surface area contributed by atoms with E-state index in [2.05, 4.69) is 35.7 Å². The number of hydrogen-bond donors (Lipinski definition) is 2. The molecule has 1 aliphatic carbocycles. The Morgan fingerprint density at radius 1 is 1.31 bits per heavy atom. The number of fused-ring (bicyclic) bond motifs is 1. The van der Waals surface area contributed by atoms with Gasteiger partial charge < -0.3 is 10.3 Å². The quantitative estimate of drug-likeness (QED) is 0.412. The minimum Gasteiger partial charge on any atom is -0.343 e. The van der Waals surface area contributed by atoms with E-state index in [0.717, 1.165) is 11.3 Å². The number of hydrogen-bond acceptors (Lipinski definition) is 5. The van der Waals surface area contributed by atoms with Gasteiger partial charge in [-0.1, -0.05) is 61.5 Å². The largest absolute Gasteiger partial charge is 0.343 e. The number of thioether (sulfide) groups is 1. The van der Waals surface area contributed by atoms with Gasteiger partial charge in [0.15, 0.2) is 10.9 Å². The number of carbonyl (C=O) groups is 1. The molecule has 1 aromatic heterocycles. The SMILES string of the molecule is C=CCSc1nc2c(c(=O)[nH]1)C(c1ccccc1Cl)C1=C(CC(C)(C)CC1=O)N2. The molecule has 29 heavy (non-hydrogen) atoms. The summed E-state index contributed by atoms with van der Waals surface area (Å²) in [5, 5.41) is 4.35. The molecule has 7 heteroatoms. The van der Waals surface area contributed by atoms with Gasteiger partial charge in [0.1, 0.15) is 5.82 Å². The van der Waals surface area contributed by atoms with Crippen LogP contribution in [0.25, 0.3) is 0 Å². The number of halogens is 1. The van der Waals surface area contributed by atoms with Gasteiger partial charge in [-0.05, 0) is 23.5 Å². The van der Waals surface area contributed by atoms with Gasteiger partial charge in [-0.15, -0.1) is 6.58 Å². The van der Waals surface area contributed by atoms with Gasteiger partial charge in [-0.25, -0.2) is 4.98 Å². The average Bonchev–Trinajstić information content (AvgIpc) is 2.64. The monoisotopic (exact) mass is 427 g/mol. The zero-order chi connectivity index (χ0) is 20.8. The first-order chi connectivity index (χ1) is 13.8. The van der Waals surface area contributed by atoms with Crippen molar-refractivity contribution in [2.75, 3.05) is 11.1 Å². The molecule has 2 aliphatic rings. The average molecular weight is 428 g/mol. The zero-order valence-electron chi connectivity index (χ0n) is 16.3. The van der Waals surface area contributed by atoms with Crippen LogP contribution in [0.4, 0.5) is 5.82 Å². The van der Waals surface area contributed by atoms with Crippen molar-refractivity contribution in [3.63, 3.8) is 0 Å². The van der Waals surface area contributed by atoms with Crippen LogP contribution in [0.15, 0.2) is 58.1 Å². The van der Waals surface area contributed by atoms with E-state index in [-0.39, 0.29) is 16.8 Å². The molecule has 0 saturated carbocycles. The van der Waals surface area contributed by atoms with Crippen LogP contribution >= 0.6 is 23.4 Å². The van der Waals surface area contributed by atoms with E-state index in [1.165, 1.54) is 11.8 Å². The maximum absolute atomic E-state index is 13.2. The van der Waals surface area contributed by atoms with Crippen LogP contribution in [-0.2, 0) is 4.79 Å². The third kappa shape index (κ3) is 3.67. The van der Waals surface area contributed by atoms with Crippen LogP contribution in [0, 0.1) is 5.41 Å². The molecule has 0 fully saturated rings. The van der Waals surface area contributed by atoms with Crippen LogP contribution in [-0.4, -0.2) is 21.5 Å². The third-order valence-corrected chi connectivity index (χ3v) is 6.47. The maximum Gasteiger partial charge on any atom is 0.257 e. The molecule has 1 unspecified atom stereocenters. The lowest BCUT2D eigenvalue weighted by Gasteiger charge is -2.38. The zero-order valence-corrected chi connectivity index (χ0v) is 17.9. The van der Waals surface area contributed by atoms with Gasteiger partial charge in [-0.2, -0.15) is 0 Å². The van der Waals surface area contributed by atoms with Gasteiger partial charge in [0, 0.05) is 34.4 Å². The van der Waals surface area contributed by atoms with E-state index in [1.54, 1.807) is 12.1 Å². The molecule has 0 amide bonds. The van der Waals surface area contributed by atoms with Crippen molar-refractivity contribution in [2.45, 2.75) is 37.8 Å². The molecule has 2 heterocycles. The number of H-pyrrole nitrogens is 1. The van der Waals surface area contributed by atoms with Crippen molar-refractivity contribution in [1.82, 2.24) is 9.97 Å². The van der Waals surface area contributed by atoms with Crippen LogP contribution in [0.2, 0.25) is 5.02 Å². The molecule has 2 N–H and O–H groups in total. The fourth-order valence-electron chi connectivity index (χ4n) is 4.12. The van der Waals surface area contributed by atoms with Crippen molar-refractivity contribution < 1.29 is 4.79 Å². The first-order valence-corrected chi connectivity index (χ1v) is 10.8. The molecule has 1 aliphatic heterocycles. The molecule has 4 rings (SSSR count). The molecule has 0 saturated heterocycles. The first-order valence-electron chi connectivity index (χ1n) is 9.46. The summed E-state index contributed by atoms with van der Waals surface area (Å²) in [6, 6.07) is 7.37. The predicted octanol–water partition coefficient (Wildman–Crippen LogP) is 4.90. The number of nitrogens with zero attached hydrogens (tertiary/aromatic N) is 1. The summed E-state index contributed by atoms with van der Waals surface area (Å²) in [7, 11) is 0. The Labute approximate surface area is 178 Å². The number of benzene rings is 1. The van der Waals surface area contributed by atoms with Crippen LogP contribution in [0.3, 0.4) is 0 Å². The van der Waals surface area contributed by atoms with E-state index in [1.807, 2.05) is 18.2 Å². The molecule has 0 bridgehead atoms. The van der Waals surface area contributed by atoms with Crippen molar-refractivity contribution in [3.8, 4) is 0 Å². The third-order valence-electron chi connectivity index (χ3n) is 5.25. The summed E-state index contributed by atoms with van der Waals surface area (Å²) in [5.41, 5.74) is 2.23. The molecule has 2 aromatic rings. The standard InChI is InChI=1S/C22H22ClN3O2S/c1-4-9-29-21-25-19-18(20(28)26-21)16(12-7-5-6-8-13(12)23)17-14(24-19)10-22(2,3)11-15(17)27/h4-8,16H,1,9-11H2,2-3H3,(H2,24,25,26,28). The number of ketones is 1. The molecule has 150 valence electrons. The lowest BCUT2D eigenvalue weighted by Crippen LogP contribution is -2.37. The van der Waals surface area contributed by atoms with Crippen LogP contribution in [0.1, 0.15) is 43.7 Å². The summed E-state index contributed by atoms with van der Waals surface area (Å²) in [5.74, 6) is 0.640. The van der Waals surface area contributed by atoms with Gasteiger partial charge in [0.2, 0.25) is 0 Å². The Balaban J connectivity index is 1.95. The Bertz CT molecular complexity index is 1100. The highest BCUT2D eigenvalue weighted by molar-refractivity contribution is 7.99. The molecular formula is C22H22ClN3O2S. The highest BCUT2D eigenvalue weighted by Crippen LogP contribution is 2.48. The Kier molecular flexibility index (Phi) is 5.17. The fraction of sp³-hybridized carbons (Fsp3) is 0.318. The summed E-state index contributed by atoms with van der Waals surface area (Å²) in [6.45, 7) is 7.86. The van der Waals surface area contributed by atoms with E-state index < -0.39 is 5.92 Å².